The van der Waals surface area contributed by atoms with E-state index in [1.165, 1.54) is 24.1 Å². The quantitative estimate of drug-likeness (QED) is 0.567. The van der Waals surface area contributed by atoms with Crippen molar-refractivity contribution in [1.29, 1.82) is 0 Å². The number of aromatic nitrogens is 1. The number of amides is 1. The standard InChI is InChI=1S/C12H16N2O3/c1-3-4-14(5-6-15)12(17)11-7-10(8-13-11)9(2)16/h3,7-8,13,15H,1,4-6H2,2H3. The van der Waals surface area contributed by atoms with Crippen molar-refractivity contribution < 1.29 is 14.7 Å². The Bertz CT molecular complexity index is 423. The number of carbonyl (C=O) groups excluding carboxylic acids is 2. The lowest BCUT2D eigenvalue weighted by Crippen LogP contribution is -2.33. The lowest BCUT2D eigenvalue weighted by Gasteiger charge is -2.18. The summed E-state index contributed by atoms with van der Waals surface area (Å²) in [6, 6.07) is 1.51. The van der Waals surface area contributed by atoms with Crippen LogP contribution >= 0.6 is 0 Å². The Balaban J connectivity index is 2.84. The molecule has 0 aliphatic rings. The van der Waals surface area contributed by atoms with Crippen LogP contribution in [-0.2, 0) is 0 Å². The molecule has 0 saturated heterocycles. The highest BCUT2D eigenvalue weighted by Crippen LogP contribution is 2.07. The summed E-state index contributed by atoms with van der Waals surface area (Å²) in [6.07, 6.45) is 3.09. The number of H-pyrrole nitrogens is 1. The van der Waals surface area contributed by atoms with Crippen molar-refractivity contribution in [3.8, 4) is 0 Å². The SMILES string of the molecule is C=CCN(CCO)C(=O)c1cc(C(C)=O)c[nH]1. The Labute approximate surface area is 99.7 Å². The summed E-state index contributed by atoms with van der Waals surface area (Å²) in [5.74, 6) is -0.357. The fraction of sp³-hybridized carbons (Fsp3) is 0.333. The molecule has 5 heteroatoms. The van der Waals surface area contributed by atoms with Gasteiger partial charge in [0, 0.05) is 24.8 Å². The molecule has 0 saturated carbocycles. The summed E-state index contributed by atoms with van der Waals surface area (Å²) in [6.45, 7) is 5.47. The van der Waals surface area contributed by atoms with Crippen molar-refractivity contribution in [2.45, 2.75) is 6.92 Å². The number of rotatable bonds is 6. The number of aliphatic hydroxyl groups excluding tert-OH is 1. The molecule has 92 valence electrons. The smallest absolute Gasteiger partial charge is 0.270 e. The van der Waals surface area contributed by atoms with Crippen LogP contribution in [0.25, 0.3) is 0 Å². The van der Waals surface area contributed by atoms with Crippen LogP contribution in [0.5, 0.6) is 0 Å². The van der Waals surface area contributed by atoms with Gasteiger partial charge in [0.25, 0.3) is 5.91 Å². The number of hydrogen-bond donors (Lipinski definition) is 2. The molecule has 2 N–H and O–H groups in total. The molecular formula is C12H16N2O3. The summed E-state index contributed by atoms with van der Waals surface area (Å²) in [5.41, 5.74) is 0.807. The third-order valence-corrected chi connectivity index (χ3v) is 2.33. The predicted molar refractivity (Wildman–Crippen MR) is 64.0 cm³/mol. The molecule has 0 fully saturated rings. The highest BCUT2D eigenvalue weighted by molar-refractivity contribution is 5.99. The van der Waals surface area contributed by atoms with Crippen molar-refractivity contribution in [2.75, 3.05) is 19.7 Å². The van der Waals surface area contributed by atoms with E-state index in [4.69, 9.17) is 5.11 Å². The summed E-state index contributed by atoms with van der Waals surface area (Å²) in [5, 5.41) is 8.86. The molecule has 1 aromatic heterocycles. The lowest BCUT2D eigenvalue weighted by molar-refractivity contribution is 0.0737. The summed E-state index contributed by atoms with van der Waals surface area (Å²) >= 11 is 0. The van der Waals surface area contributed by atoms with Crippen LogP contribution in [0.3, 0.4) is 0 Å². The van der Waals surface area contributed by atoms with Gasteiger partial charge in [-0.1, -0.05) is 6.08 Å². The second-order valence-corrected chi connectivity index (χ2v) is 3.62. The number of ketones is 1. The van der Waals surface area contributed by atoms with Gasteiger partial charge >= 0.3 is 0 Å². The highest BCUT2D eigenvalue weighted by Gasteiger charge is 2.16. The van der Waals surface area contributed by atoms with Crippen molar-refractivity contribution in [3.63, 3.8) is 0 Å². The highest BCUT2D eigenvalue weighted by atomic mass is 16.3. The number of aromatic amines is 1. The maximum atomic E-state index is 12.0. The van der Waals surface area contributed by atoms with Gasteiger partial charge in [0.15, 0.2) is 5.78 Å². The molecule has 0 bridgehead atoms. The number of hydrogen-bond acceptors (Lipinski definition) is 3. The maximum absolute atomic E-state index is 12.0. The number of carbonyl (C=O) groups is 2. The van der Waals surface area contributed by atoms with Gasteiger partial charge in [-0.3, -0.25) is 9.59 Å². The predicted octanol–water partition coefficient (Wildman–Crippen LogP) is 0.838. The van der Waals surface area contributed by atoms with Gasteiger partial charge < -0.3 is 15.0 Å². The average molecular weight is 236 g/mol. The molecule has 0 aromatic carbocycles. The van der Waals surface area contributed by atoms with E-state index in [-0.39, 0.29) is 24.8 Å². The van der Waals surface area contributed by atoms with E-state index in [0.29, 0.717) is 17.8 Å². The number of nitrogens with zero attached hydrogens (tertiary/aromatic N) is 1. The van der Waals surface area contributed by atoms with Crippen LogP contribution in [-0.4, -0.2) is 46.4 Å². The van der Waals surface area contributed by atoms with Crippen LogP contribution in [0.4, 0.5) is 0 Å². The molecule has 1 rings (SSSR count). The van der Waals surface area contributed by atoms with E-state index in [0.717, 1.165) is 0 Å². The molecule has 17 heavy (non-hydrogen) atoms. The molecule has 0 unspecified atom stereocenters. The fourth-order valence-corrected chi connectivity index (χ4v) is 1.44. The third-order valence-electron chi connectivity index (χ3n) is 2.33. The molecule has 0 radical (unpaired) electrons. The second kappa shape index (κ2) is 6.00. The number of Topliss-reactive ketones (excluding diaryl/α,β-unsaturated/α-hetero) is 1. The molecule has 0 atom stereocenters. The minimum atomic E-state index is -0.258. The maximum Gasteiger partial charge on any atom is 0.270 e. The Hall–Kier alpha value is -1.88. The topological polar surface area (TPSA) is 73.4 Å². The lowest BCUT2D eigenvalue weighted by atomic mass is 10.2. The van der Waals surface area contributed by atoms with Gasteiger partial charge in [0.2, 0.25) is 0 Å². The van der Waals surface area contributed by atoms with Gasteiger partial charge in [-0.25, -0.2) is 0 Å². The van der Waals surface area contributed by atoms with Gasteiger partial charge in [0.1, 0.15) is 5.69 Å². The molecule has 0 aliphatic carbocycles. The fourth-order valence-electron chi connectivity index (χ4n) is 1.44. The first-order valence-electron chi connectivity index (χ1n) is 5.30. The van der Waals surface area contributed by atoms with E-state index >= 15 is 0 Å². The van der Waals surface area contributed by atoms with Crippen molar-refractivity contribution in [1.82, 2.24) is 9.88 Å². The number of nitrogens with one attached hydrogen (secondary N) is 1. The molecule has 1 aromatic rings. The average Bonchev–Trinajstić information content (AvgIpc) is 2.77. The first-order chi connectivity index (χ1) is 8.10. The molecule has 0 spiro atoms. The van der Waals surface area contributed by atoms with Crippen LogP contribution in [0, 0.1) is 0 Å². The zero-order valence-corrected chi connectivity index (χ0v) is 9.77. The monoisotopic (exact) mass is 236 g/mol. The van der Waals surface area contributed by atoms with Crippen molar-refractivity contribution in [2.24, 2.45) is 0 Å². The zero-order valence-electron chi connectivity index (χ0n) is 9.77. The van der Waals surface area contributed by atoms with Crippen molar-refractivity contribution in [3.05, 3.63) is 36.2 Å². The van der Waals surface area contributed by atoms with E-state index < -0.39 is 0 Å². The molecular weight excluding hydrogens is 220 g/mol. The van der Waals surface area contributed by atoms with Crippen LogP contribution < -0.4 is 0 Å². The van der Waals surface area contributed by atoms with Crippen LogP contribution in [0.1, 0.15) is 27.8 Å². The van der Waals surface area contributed by atoms with E-state index in [1.54, 1.807) is 6.08 Å². The largest absolute Gasteiger partial charge is 0.395 e. The Kier molecular flexibility index (Phi) is 4.66. The molecule has 1 amide bonds. The Morgan fingerprint density at radius 2 is 2.29 bits per heavy atom. The van der Waals surface area contributed by atoms with E-state index in [9.17, 15) is 9.59 Å². The Morgan fingerprint density at radius 3 is 2.76 bits per heavy atom. The van der Waals surface area contributed by atoms with Crippen LogP contribution in [0.2, 0.25) is 0 Å². The third kappa shape index (κ3) is 3.29. The normalized spacial score (nSPS) is 10.0. The zero-order chi connectivity index (χ0) is 12.8. The Morgan fingerprint density at radius 1 is 1.59 bits per heavy atom. The van der Waals surface area contributed by atoms with E-state index in [1.807, 2.05) is 0 Å². The minimum absolute atomic E-state index is 0.0993. The first-order valence-corrected chi connectivity index (χ1v) is 5.30. The van der Waals surface area contributed by atoms with Crippen molar-refractivity contribution >= 4 is 11.7 Å². The number of aliphatic hydroxyl groups is 1. The minimum Gasteiger partial charge on any atom is -0.395 e. The van der Waals surface area contributed by atoms with Gasteiger partial charge in [-0.15, -0.1) is 6.58 Å². The van der Waals surface area contributed by atoms with Gasteiger partial charge in [0.05, 0.1) is 6.61 Å². The molecule has 1 heterocycles. The second-order valence-electron chi connectivity index (χ2n) is 3.62. The first kappa shape index (κ1) is 13.2. The molecule has 0 aliphatic heterocycles. The summed E-state index contributed by atoms with van der Waals surface area (Å²) in [7, 11) is 0. The molecule has 5 nitrogen and oxygen atoms in total. The summed E-state index contributed by atoms with van der Waals surface area (Å²) in [4.78, 5) is 27.3. The van der Waals surface area contributed by atoms with Crippen LogP contribution in [0.15, 0.2) is 24.9 Å². The summed E-state index contributed by atoms with van der Waals surface area (Å²) < 4.78 is 0. The van der Waals surface area contributed by atoms with E-state index in [2.05, 4.69) is 11.6 Å². The van der Waals surface area contributed by atoms with Gasteiger partial charge in [-0.05, 0) is 13.0 Å². The van der Waals surface area contributed by atoms with Gasteiger partial charge in [-0.2, -0.15) is 0 Å².